The predicted molar refractivity (Wildman–Crippen MR) is 158 cm³/mol. The summed E-state index contributed by atoms with van der Waals surface area (Å²) in [5, 5.41) is -1.94. The highest BCUT2D eigenvalue weighted by Gasteiger charge is 2.59. The van der Waals surface area contributed by atoms with E-state index in [0.717, 1.165) is 6.42 Å². The number of rotatable bonds is 7. The van der Waals surface area contributed by atoms with Crippen molar-refractivity contribution in [1.29, 1.82) is 0 Å². The van der Waals surface area contributed by atoms with Crippen molar-refractivity contribution in [2.24, 2.45) is 5.41 Å². The third-order valence-electron chi connectivity index (χ3n) is 7.08. The lowest BCUT2D eigenvalue weighted by atomic mass is 9.67. The van der Waals surface area contributed by atoms with E-state index < -0.39 is 21.6 Å². The maximum atomic E-state index is 7.74. The second kappa shape index (κ2) is 9.10. The van der Waals surface area contributed by atoms with Crippen LogP contribution in [0.2, 0.25) is 39.3 Å². The molecule has 33 heavy (non-hydrogen) atoms. The maximum absolute atomic E-state index is 7.74. The van der Waals surface area contributed by atoms with E-state index in [1.54, 1.807) is 0 Å². The highest BCUT2D eigenvalue weighted by atomic mass is 35.5. The van der Waals surface area contributed by atoms with Crippen LogP contribution in [0.25, 0.3) is 0 Å². The van der Waals surface area contributed by atoms with Gasteiger partial charge in [0.2, 0.25) is 5.69 Å². The smallest absolute Gasteiger partial charge is 0.309 e. The van der Waals surface area contributed by atoms with Crippen molar-refractivity contribution < 1.29 is 4.58 Å². The van der Waals surface area contributed by atoms with Gasteiger partial charge in [0.25, 0.3) is 0 Å². The first-order chi connectivity index (χ1) is 14.6. The van der Waals surface area contributed by atoms with Gasteiger partial charge in [0.05, 0.1) is 16.5 Å². The Bertz CT molecular complexity index is 883. The standard InChI is InChI=1S/C26H49BCl2N2Si2/c1-19(2)21-16-15-17-22(20(3)4)23(21)30-24(25(5,6)18-26(30,7)8)27(28,29)31(32(9,10)11)33(12,13)14/h15-17,19-20H,18H2,1-14H3. The number of para-hydroxylation sites is 1. The summed E-state index contributed by atoms with van der Waals surface area (Å²) in [6.45, 7) is 33.0. The molecule has 0 atom stereocenters. The Hall–Kier alpha value is -0.0713. The highest BCUT2D eigenvalue weighted by molar-refractivity contribution is 7.59. The summed E-state index contributed by atoms with van der Waals surface area (Å²) in [5.74, 6) is 0.828. The molecule has 0 unspecified atom stereocenters. The number of benzene rings is 1. The first-order valence-corrected chi connectivity index (χ1v) is 20.5. The van der Waals surface area contributed by atoms with Gasteiger partial charge in [-0.25, -0.2) is 4.58 Å². The molecule has 0 bridgehead atoms. The Morgan fingerprint density at radius 1 is 0.848 bits per heavy atom. The van der Waals surface area contributed by atoms with Crippen LogP contribution >= 0.6 is 22.9 Å². The minimum atomic E-state index is -1.94. The maximum Gasteiger partial charge on any atom is 0.309 e. The SMILES string of the molecule is CC(C)c1cccc(C(C)C)c1[N+]1=C([B-](Cl)(Cl)N([Si](C)(C)C)[Si](C)(C)C)C(C)(C)CC1(C)C. The van der Waals surface area contributed by atoms with Gasteiger partial charge >= 0.3 is 5.11 Å². The third-order valence-corrected chi connectivity index (χ3v) is 16.2. The third kappa shape index (κ3) is 5.53. The summed E-state index contributed by atoms with van der Waals surface area (Å²) < 4.78 is 5.23. The summed E-state index contributed by atoms with van der Waals surface area (Å²) in [4.78, 5) is 0. The number of halogens is 2. The molecule has 0 radical (unpaired) electrons. The minimum Gasteiger partial charge on any atom is -0.488 e. The van der Waals surface area contributed by atoms with Crippen LogP contribution in [0.5, 0.6) is 0 Å². The van der Waals surface area contributed by atoms with Crippen molar-refractivity contribution in [3.8, 4) is 0 Å². The van der Waals surface area contributed by atoms with Gasteiger partial charge in [-0.1, -0.05) is 99.0 Å². The predicted octanol–water partition coefficient (Wildman–Crippen LogP) is 9.15. The molecule has 0 saturated heterocycles. The zero-order valence-corrected chi connectivity index (χ0v) is 27.3. The Kier molecular flexibility index (Phi) is 8.04. The second-order valence-electron chi connectivity index (χ2n) is 14.0. The van der Waals surface area contributed by atoms with E-state index >= 15 is 0 Å². The lowest BCUT2D eigenvalue weighted by molar-refractivity contribution is -0.515. The van der Waals surface area contributed by atoms with Crippen LogP contribution in [-0.4, -0.2) is 41.5 Å². The van der Waals surface area contributed by atoms with Crippen LogP contribution in [0.3, 0.4) is 0 Å². The molecule has 1 aliphatic heterocycles. The summed E-state index contributed by atoms with van der Waals surface area (Å²) in [7, 11) is -3.65. The van der Waals surface area contributed by atoms with Crippen molar-refractivity contribution in [2.75, 3.05) is 0 Å². The van der Waals surface area contributed by atoms with Gasteiger partial charge in [-0.2, -0.15) is 0 Å². The molecule has 0 saturated carbocycles. The molecule has 1 heterocycles. The molecule has 0 aromatic heterocycles. The first kappa shape index (κ1) is 29.2. The minimum absolute atomic E-state index is 0.0885. The number of hydrogen-bond acceptors (Lipinski definition) is 1. The molecule has 0 amide bonds. The van der Waals surface area contributed by atoms with Crippen molar-refractivity contribution >= 4 is 55.8 Å². The Morgan fingerprint density at radius 3 is 1.58 bits per heavy atom. The quantitative estimate of drug-likeness (QED) is 0.253. The van der Waals surface area contributed by atoms with Crippen LogP contribution in [0, 0.1) is 5.41 Å². The molecule has 0 aliphatic carbocycles. The molecule has 7 heteroatoms. The van der Waals surface area contributed by atoms with Crippen LogP contribution in [0.4, 0.5) is 5.69 Å². The fourth-order valence-electron chi connectivity index (χ4n) is 6.80. The van der Waals surface area contributed by atoms with Crippen molar-refractivity contribution in [3.05, 3.63) is 29.3 Å². The lowest BCUT2D eigenvalue weighted by Crippen LogP contribution is -2.72. The van der Waals surface area contributed by atoms with E-state index in [-0.39, 0.29) is 11.0 Å². The zero-order valence-electron chi connectivity index (χ0n) is 23.8. The van der Waals surface area contributed by atoms with Gasteiger partial charge in [0.15, 0.2) is 5.54 Å². The van der Waals surface area contributed by atoms with E-state index in [1.807, 2.05) is 0 Å². The van der Waals surface area contributed by atoms with Gasteiger partial charge in [0, 0.05) is 42.4 Å². The van der Waals surface area contributed by atoms with Gasteiger partial charge in [0.1, 0.15) is 0 Å². The monoisotopic (exact) mass is 526 g/mol. The van der Waals surface area contributed by atoms with E-state index in [4.69, 9.17) is 22.9 Å². The van der Waals surface area contributed by atoms with E-state index in [2.05, 4.69) is 122 Å². The Labute approximate surface area is 217 Å². The van der Waals surface area contributed by atoms with Gasteiger partial charge in [-0.3, -0.25) is 0 Å². The summed E-state index contributed by atoms with van der Waals surface area (Å²) >= 11 is 15.5. The fraction of sp³-hybridized carbons (Fsp3) is 0.731. The molecule has 0 spiro atoms. The molecule has 2 rings (SSSR count). The van der Waals surface area contributed by atoms with E-state index in [0.29, 0.717) is 11.8 Å². The van der Waals surface area contributed by atoms with E-state index in [1.165, 1.54) is 22.4 Å². The molecule has 0 N–H and O–H groups in total. The largest absolute Gasteiger partial charge is 0.488 e. The lowest BCUT2D eigenvalue weighted by Gasteiger charge is -2.58. The van der Waals surface area contributed by atoms with Crippen LogP contribution < -0.4 is 0 Å². The summed E-state index contributed by atoms with van der Waals surface area (Å²) in [6, 6.07) is 6.83. The van der Waals surface area contributed by atoms with Crippen molar-refractivity contribution in [2.45, 2.75) is 118 Å². The second-order valence-corrected chi connectivity index (χ2v) is 25.6. The first-order valence-electron chi connectivity index (χ1n) is 12.7. The molecule has 1 aromatic carbocycles. The van der Waals surface area contributed by atoms with Crippen LogP contribution in [-0.2, 0) is 0 Å². The average molecular weight is 528 g/mol. The van der Waals surface area contributed by atoms with Gasteiger partial charge in [-0.15, -0.1) is 0 Å². The number of nitrogens with zero attached hydrogens (tertiary/aromatic N) is 2. The average Bonchev–Trinajstić information content (AvgIpc) is 2.74. The molecular weight excluding hydrogens is 478 g/mol. The summed E-state index contributed by atoms with van der Waals surface area (Å²) in [5.41, 5.74) is 5.13. The van der Waals surface area contributed by atoms with Crippen molar-refractivity contribution in [3.63, 3.8) is 0 Å². The zero-order chi connectivity index (χ0) is 25.9. The number of hydrogen-bond donors (Lipinski definition) is 0. The molecular formula is C26H49BCl2N2Si2. The summed E-state index contributed by atoms with van der Waals surface area (Å²) in [6.07, 6.45) is 1.02. The van der Waals surface area contributed by atoms with Crippen molar-refractivity contribution in [1.82, 2.24) is 4.14 Å². The Balaban J connectivity index is 3.12. The van der Waals surface area contributed by atoms with Gasteiger partial charge < -0.3 is 27.1 Å². The molecule has 1 aromatic rings. The topological polar surface area (TPSA) is 6.25 Å². The molecule has 1 aliphatic rings. The molecule has 188 valence electrons. The van der Waals surface area contributed by atoms with E-state index in [9.17, 15) is 0 Å². The molecule has 0 fully saturated rings. The van der Waals surface area contributed by atoms with Crippen LogP contribution in [0.1, 0.15) is 84.8 Å². The highest BCUT2D eigenvalue weighted by Crippen LogP contribution is 2.51. The molecule has 2 nitrogen and oxygen atoms in total. The Morgan fingerprint density at radius 2 is 1.24 bits per heavy atom. The van der Waals surface area contributed by atoms with Crippen LogP contribution in [0.15, 0.2) is 18.2 Å². The van der Waals surface area contributed by atoms with Gasteiger partial charge in [-0.05, 0) is 11.8 Å². The fourth-order valence-corrected chi connectivity index (χ4v) is 21.3. The normalized spacial score (nSPS) is 19.4.